The fraction of sp³-hybridized carbons (Fsp3) is 0.250. The van der Waals surface area contributed by atoms with Gasteiger partial charge in [-0.1, -0.05) is 55.5 Å². The second-order valence-corrected chi connectivity index (χ2v) is 5.52. The number of benzene rings is 2. The van der Waals surface area contributed by atoms with Gasteiger partial charge >= 0.3 is 5.97 Å². The Kier molecular flexibility index (Phi) is 6.58. The van der Waals surface area contributed by atoms with E-state index in [1.165, 1.54) is 0 Å². The Bertz CT molecular complexity index is 692. The van der Waals surface area contributed by atoms with Gasteiger partial charge in [-0.25, -0.2) is 4.79 Å². The van der Waals surface area contributed by atoms with Gasteiger partial charge in [-0.3, -0.25) is 0 Å². The van der Waals surface area contributed by atoms with Gasteiger partial charge in [0.05, 0.1) is 6.61 Å². The number of hydrogen-bond acceptors (Lipinski definition) is 3. The van der Waals surface area contributed by atoms with Crippen LogP contribution >= 0.6 is 0 Å². The van der Waals surface area contributed by atoms with Crippen LogP contribution in [-0.4, -0.2) is 28.9 Å². The van der Waals surface area contributed by atoms with Gasteiger partial charge in [-0.05, 0) is 29.7 Å². The summed E-state index contributed by atoms with van der Waals surface area (Å²) >= 11 is 0. The summed E-state index contributed by atoms with van der Waals surface area (Å²) in [7, 11) is 0. The third kappa shape index (κ3) is 5.25. The van der Waals surface area contributed by atoms with E-state index in [9.17, 15) is 9.90 Å². The molecule has 4 nitrogen and oxygen atoms in total. The van der Waals surface area contributed by atoms with Crippen molar-refractivity contribution in [3.05, 3.63) is 65.2 Å². The molecule has 24 heavy (non-hydrogen) atoms. The van der Waals surface area contributed by atoms with E-state index in [-0.39, 0.29) is 6.42 Å². The highest BCUT2D eigenvalue weighted by molar-refractivity contribution is 5.74. The van der Waals surface area contributed by atoms with Crippen molar-refractivity contribution in [2.24, 2.45) is 0 Å². The molecule has 0 fully saturated rings. The molecule has 0 bridgehead atoms. The van der Waals surface area contributed by atoms with Crippen LogP contribution in [0.25, 0.3) is 12.2 Å². The summed E-state index contributed by atoms with van der Waals surface area (Å²) < 4.78 is 5.75. The molecule has 0 aliphatic heterocycles. The highest BCUT2D eigenvalue weighted by atomic mass is 16.5. The van der Waals surface area contributed by atoms with E-state index in [1.807, 2.05) is 61.5 Å². The number of aliphatic hydroxyl groups excluding tert-OH is 1. The maximum Gasteiger partial charge on any atom is 0.332 e. The maximum atomic E-state index is 10.8. The highest BCUT2D eigenvalue weighted by Crippen LogP contribution is 2.24. The van der Waals surface area contributed by atoms with Crippen molar-refractivity contribution in [1.29, 1.82) is 0 Å². The molecule has 0 radical (unpaired) electrons. The van der Waals surface area contributed by atoms with Crippen molar-refractivity contribution in [2.75, 3.05) is 6.61 Å². The summed E-state index contributed by atoms with van der Waals surface area (Å²) in [6.07, 6.45) is 3.48. The second kappa shape index (κ2) is 8.89. The number of aliphatic carboxylic acids is 1. The van der Waals surface area contributed by atoms with E-state index >= 15 is 0 Å². The van der Waals surface area contributed by atoms with Gasteiger partial charge in [0.15, 0.2) is 6.10 Å². The number of carboxylic acid groups (broad SMARTS) is 1. The van der Waals surface area contributed by atoms with Crippen LogP contribution < -0.4 is 4.74 Å². The van der Waals surface area contributed by atoms with Crippen LogP contribution in [-0.2, 0) is 11.2 Å². The number of aliphatic hydroxyl groups is 1. The summed E-state index contributed by atoms with van der Waals surface area (Å²) in [4.78, 5) is 10.8. The van der Waals surface area contributed by atoms with Gasteiger partial charge in [-0.2, -0.15) is 0 Å². The summed E-state index contributed by atoms with van der Waals surface area (Å²) in [5, 5.41) is 18.4. The maximum absolute atomic E-state index is 10.8. The van der Waals surface area contributed by atoms with Crippen molar-refractivity contribution in [3.8, 4) is 5.75 Å². The Morgan fingerprint density at radius 3 is 2.58 bits per heavy atom. The third-order valence-corrected chi connectivity index (χ3v) is 3.50. The molecule has 0 spiro atoms. The number of carboxylic acids is 1. The van der Waals surface area contributed by atoms with Crippen LogP contribution in [0.5, 0.6) is 5.75 Å². The van der Waals surface area contributed by atoms with Gasteiger partial charge in [0.1, 0.15) is 5.75 Å². The SMILES string of the molecule is CCCOc1ccc(CC(O)C(=O)O)cc1/C=C/c1ccccc1. The van der Waals surface area contributed by atoms with Crippen LogP contribution in [0.4, 0.5) is 0 Å². The van der Waals surface area contributed by atoms with Crippen molar-refractivity contribution in [1.82, 2.24) is 0 Å². The number of carbonyl (C=O) groups is 1. The molecule has 0 aliphatic carbocycles. The zero-order valence-electron chi connectivity index (χ0n) is 13.7. The number of rotatable bonds is 8. The fourth-order valence-corrected chi connectivity index (χ4v) is 2.26. The monoisotopic (exact) mass is 326 g/mol. The van der Waals surface area contributed by atoms with E-state index < -0.39 is 12.1 Å². The molecule has 4 heteroatoms. The summed E-state index contributed by atoms with van der Waals surface area (Å²) in [6.45, 7) is 2.65. The first kappa shape index (κ1) is 17.8. The average Bonchev–Trinajstić information content (AvgIpc) is 2.59. The molecule has 0 saturated carbocycles. The van der Waals surface area contributed by atoms with E-state index in [0.29, 0.717) is 6.61 Å². The number of ether oxygens (including phenoxy) is 1. The standard InChI is InChI=1S/C20H22O4/c1-2-12-24-19-11-9-16(14-18(21)20(22)23)13-17(19)10-8-15-6-4-3-5-7-15/h3-11,13,18,21H,2,12,14H2,1H3,(H,22,23)/b10-8+. The van der Waals surface area contributed by atoms with Gasteiger partial charge in [0, 0.05) is 12.0 Å². The lowest BCUT2D eigenvalue weighted by Crippen LogP contribution is -2.21. The van der Waals surface area contributed by atoms with Crippen molar-refractivity contribution in [3.63, 3.8) is 0 Å². The second-order valence-electron chi connectivity index (χ2n) is 5.52. The lowest BCUT2D eigenvalue weighted by atomic mass is 10.0. The molecule has 0 saturated heterocycles. The molecule has 2 aromatic rings. The molecule has 2 aromatic carbocycles. The highest BCUT2D eigenvalue weighted by Gasteiger charge is 2.14. The average molecular weight is 326 g/mol. The lowest BCUT2D eigenvalue weighted by molar-refractivity contribution is -0.146. The van der Waals surface area contributed by atoms with Crippen LogP contribution in [0, 0.1) is 0 Å². The molecule has 0 aromatic heterocycles. The predicted octanol–water partition coefficient (Wildman–Crippen LogP) is 3.63. The first-order chi connectivity index (χ1) is 11.6. The molecule has 2 rings (SSSR count). The van der Waals surface area contributed by atoms with Crippen LogP contribution in [0.1, 0.15) is 30.0 Å². The first-order valence-electron chi connectivity index (χ1n) is 8.00. The first-order valence-corrected chi connectivity index (χ1v) is 8.00. The Balaban J connectivity index is 2.26. The summed E-state index contributed by atoms with van der Waals surface area (Å²) in [5.74, 6) is -0.472. The van der Waals surface area contributed by atoms with E-state index in [1.54, 1.807) is 6.07 Å². The van der Waals surface area contributed by atoms with Gasteiger partial charge in [0.2, 0.25) is 0 Å². The minimum Gasteiger partial charge on any atom is -0.493 e. The molecule has 0 heterocycles. The molecule has 0 amide bonds. The molecule has 2 N–H and O–H groups in total. The van der Waals surface area contributed by atoms with Crippen molar-refractivity contribution in [2.45, 2.75) is 25.9 Å². The molecule has 0 aliphatic rings. The minimum atomic E-state index is -1.40. The smallest absolute Gasteiger partial charge is 0.332 e. The van der Waals surface area contributed by atoms with Gasteiger partial charge in [-0.15, -0.1) is 0 Å². The molecule has 126 valence electrons. The van der Waals surface area contributed by atoms with Crippen LogP contribution in [0.15, 0.2) is 48.5 Å². The van der Waals surface area contributed by atoms with E-state index in [4.69, 9.17) is 9.84 Å². The minimum absolute atomic E-state index is 0.0650. The Morgan fingerprint density at radius 2 is 1.92 bits per heavy atom. The normalized spacial score (nSPS) is 12.2. The molecular formula is C20H22O4. The molecule has 1 atom stereocenters. The molecule has 1 unspecified atom stereocenters. The van der Waals surface area contributed by atoms with Gasteiger partial charge < -0.3 is 14.9 Å². The van der Waals surface area contributed by atoms with Crippen LogP contribution in [0.3, 0.4) is 0 Å². The zero-order chi connectivity index (χ0) is 17.4. The van der Waals surface area contributed by atoms with E-state index in [2.05, 4.69) is 0 Å². The number of hydrogen-bond donors (Lipinski definition) is 2. The Hall–Kier alpha value is -2.59. The summed E-state index contributed by atoms with van der Waals surface area (Å²) in [5.41, 5.74) is 2.68. The predicted molar refractivity (Wildman–Crippen MR) is 94.9 cm³/mol. The van der Waals surface area contributed by atoms with Crippen molar-refractivity contribution < 1.29 is 19.7 Å². The Morgan fingerprint density at radius 1 is 1.17 bits per heavy atom. The fourth-order valence-electron chi connectivity index (χ4n) is 2.26. The topological polar surface area (TPSA) is 66.8 Å². The van der Waals surface area contributed by atoms with E-state index in [0.717, 1.165) is 28.9 Å². The van der Waals surface area contributed by atoms with Crippen molar-refractivity contribution >= 4 is 18.1 Å². The third-order valence-electron chi connectivity index (χ3n) is 3.50. The Labute approximate surface area is 142 Å². The van der Waals surface area contributed by atoms with Crippen LogP contribution in [0.2, 0.25) is 0 Å². The summed E-state index contributed by atoms with van der Waals surface area (Å²) in [6, 6.07) is 15.4. The van der Waals surface area contributed by atoms with Gasteiger partial charge in [0.25, 0.3) is 0 Å². The lowest BCUT2D eigenvalue weighted by Gasteiger charge is -2.12. The molecular weight excluding hydrogens is 304 g/mol. The quantitative estimate of drug-likeness (QED) is 0.727. The largest absolute Gasteiger partial charge is 0.493 e. The zero-order valence-corrected chi connectivity index (χ0v) is 13.7.